The van der Waals surface area contributed by atoms with E-state index < -0.39 is 11.8 Å². The van der Waals surface area contributed by atoms with Gasteiger partial charge in [0.15, 0.2) is 17.3 Å². The molecule has 0 aliphatic rings. The second kappa shape index (κ2) is 6.22. The normalized spacial score (nSPS) is 11.4. The third-order valence-electron chi connectivity index (χ3n) is 3.12. The van der Waals surface area contributed by atoms with Gasteiger partial charge in [0.1, 0.15) is 0 Å². The zero-order valence-electron chi connectivity index (χ0n) is 11.8. The number of rotatable bonds is 6. The van der Waals surface area contributed by atoms with Crippen molar-refractivity contribution in [3.63, 3.8) is 0 Å². The Labute approximate surface area is 126 Å². The number of carboxylic acid groups (broad SMARTS) is 1. The van der Waals surface area contributed by atoms with E-state index in [9.17, 15) is 9.18 Å². The Morgan fingerprint density at radius 1 is 1.43 bits per heavy atom. The molecule has 112 valence electrons. The van der Waals surface area contributed by atoms with E-state index in [0.29, 0.717) is 13.0 Å². The van der Waals surface area contributed by atoms with Crippen molar-refractivity contribution in [2.24, 2.45) is 0 Å². The molecule has 6 heteroatoms. The maximum Gasteiger partial charge on any atom is 0.355 e. The second-order valence-corrected chi connectivity index (χ2v) is 6.11. The molecule has 0 aliphatic heterocycles. The summed E-state index contributed by atoms with van der Waals surface area (Å²) in [5.74, 6) is -1.20. The van der Waals surface area contributed by atoms with E-state index in [-0.39, 0.29) is 16.9 Å². The molecule has 0 saturated heterocycles. The van der Waals surface area contributed by atoms with Crippen molar-refractivity contribution < 1.29 is 19.0 Å². The van der Waals surface area contributed by atoms with Crippen molar-refractivity contribution in [2.45, 2.75) is 25.7 Å². The fourth-order valence-electron chi connectivity index (χ4n) is 1.77. The minimum atomic E-state index is -1.03. The van der Waals surface area contributed by atoms with E-state index in [0.717, 1.165) is 5.01 Å². The second-order valence-electron chi connectivity index (χ2n) is 5.26. The van der Waals surface area contributed by atoms with E-state index in [1.54, 1.807) is 18.2 Å². The third-order valence-corrected chi connectivity index (χ3v) is 4.33. The Kier molecular flexibility index (Phi) is 4.57. The Bertz CT molecular complexity index is 639. The number of carbonyl (C=O) groups is 1. The summed E-state index contributed by atoms with van der Waals surface area (Å²) in [6.45, 7) is 4.25. The lowest BCUT2D eigenvalue weighted by molar-refractivity contribution is 0.0691. The van der Waals surface area contributed by atoms with Crippen molar-refractivity contribution in [1.29, 1.82) is 0 Å². The molecule has 4 nitrogen and oxygen atoms in total. The summed E-state index contributed by atoms with van der Waals surface area (Å²) in [6, 6.07) is 6.24. The van der Waals surface area contributed by atoms with Gasteiger partial charge in [-0.1, -0.05) is 26.0 Å². The quantitative estimate of drug-likeness (QED) is 0.883. The van der Waals surface area contributed by atoms with Gasteiger partial charge in [-0.15, -0.1) is 11.3 Å². The molecule has 0 bridgehead atoms. The molecular weight excluding hydrogens is 293 g/mol. The Morgan fingerprint density at radius 3 is 2.76 bits per heavy atom. The molecular formula is C15H16FNO3S. The van der Waals surface area contributed by atoms with Crippen LogP contribution in [0.1, 0.15) is 35.8 Å². The Balaban J connectivity index is 1.97. The molecule has 2 rings (SSSR count). The van der Waals surface area contributed by atoms with Crippen molar-refractivity contribution >= 4 is 17.3 Å². The van der Waals surface area contributed by atoms with Gasteiger partial charge >= 0.3 is 5.97 Å². The highest BCUT2D eigenvalue weighted by Crippen LogP contribution is 2.30. The fourth-order valence-corrected chi connectivity index (χ4v) is 2.72. The molecule has 0 radical (unpaired) electrons. The predicted octanol–water partition coefficient (Wildman–Crippen LogP) is 3.73. The molecule has 21 heavy (non-hydrogen) atoms. The highest BCUT2D eigenvalue weighted by Gasteiger charge is 2.25. The summed E-state index contributed by atoms with van der Waals surface area (Å²) in [7, 11) is 0. The summed E-state index contributed by atoms with van der Waals surface area (Å²) in [5, 5.41) is 11.2. The van der Waals surface area contributed by atoms with Crippen molar-refractivity contribution in [1.82, 2.24) is 4.98 Å². The van der Waals surface area contributed by atoms with E-state index in [1.165, 1.54) is 22.8 Å². The molecule has 0 fully saturated rings. The van der Waals surface area contributed by atoms with Gasteiger partial charge < -0.3 is 9.84 Å². The Morgan fingerprint density at radius 2 is 2.14 bits per heavy atom. The number of aromatic nitrogens is 1. The molecule has 1 heterocycles. The zero-order chi connectivity index (χ0) is 15.5. The first-order valence-electron chi connectivity index (χ1n) is 6.47. The average molecular weight is 309 g/mol. The number of benzene rings is 1. The molecule has 2 aromatic rings. The van der Waals surface area contributed by atoms with Gasteiger partial charge in [-0.2, -0.15) is 0 Å². The summed E-state index contributed by atoms with van der Waals surface area (Å²) >= 11 is 1.31. The topological polar surface area (TPSA) is 59.4 Å². The fraction of sp³-hybridized carbons (Fsp3) is 0.333. The minimum absolute atomic E-state index is 0.0538. The monoisotopic (exact) mass is 309 g/mol. The molecule has 0 saturated carbocycles. The van der Waals surface area contributed by atoms with Gasteiger partial charge in [0.2, 0.25) is 0 Å². The molecule has 0 atom stereocenters. The molecule has 0 unspecified atom stereocenters. The van der Waals surface area contributed by atoms with Crippen LogP contribution in [0.25, 0.3) is 0 Å². The molecule has 1 N–H and O–H groups in total. The Hall–Kier alpha value is -1.95. The maximum atomic E-state index is 13.4. The third kappa shape index (κ3) is 3.78. The molecule has 0 amide bonds. The highest BCUT2D eigenvalue weighted by atomic mass is 32.1. The van der Waals surface area contributed by atoms with Gasteiger partial charge in [-0.3, -0.25) is 0 Å². The van der Waals surface area contributed by atoms with Crippen LogP contribution in [-0.2, 0) is 5.41 Å². The highest BCUT2D eigenvalue weighted by molar-refractivity contribution is 7.10. The number of para-hydroxylation sites is 1. The lowest BCUT2D eigenvalue weighted by Crippen LogP contribution is -2.21. The number of ether oxygens (including phenoxy) is 1. The molecule has 0 aliphatic carbocycles. The summed E-state index contributed by atoms with van der Waals surface area (Å²) in [5.41, 5.74) is -0.276. The lowest BCUT2D eigenvalue weighted by Gasteiger charge is -2.21. The summed E-state index contributed by atoms with van der Waals surface area (Å²) < 4.78 is 18.9. The SMILES string of the molecule is CC(C)(CCOc1ccccc1F)c1nc(C(=O)O)cs1. The number of nitrogens with zero attached hydrogens (tertiary/aromatic N) is 1. The van der Waals surface area contributed by atoms with Crippen molar-refractivity contribution in [3.05, 3.63) is 46.2 Å². The van der Waals surface area contributed by atoms with E-state index in [4.69, 9.17) is 9.84 Å². The maximum absolute atomic E-state index is 13.4. The first-order chi connectivity index (χ1) is 9.90. The van der Waals surface area contributed by atoms with Gasteiger partial charge in [0.05, 0.1) is 11.6 Å². The van der Waals surface area contributed by atoms with Crippen LogP contribution in [0.3, 0.4) is 0 Å². The van der Waals surface area contributed by atoms with Gasteiger partial charge in [-0.25, -0.2) is 14.2 Å². The first-order valence-corrected chi connectivity index (χ1v) is 7.35. The number of hydrogen-bond donors (Lipinski definition) is 1. The first kappa shape index (κ1) is 15.4. The van der Waals surface area contributed by atoms with Gasteiger partial charge in [0.25, 0.3) is 0 Å². The number of thiazole rings is 1. The molecule has 0 spiro atoms. The van der Waals surface area contributed by atoms with Crippen LogP contribution in [0, 0.1) is 5.82 Å². The smallest absolute Gasteiger partial charge is 0.355 e. The van der Waals surface area contributed by atoms with Crippen molar-refractivity contribution in [3.8, 4) is 5.75 Å². The van der Waals surface area contributed by atoms with Crippen LogP contribution in [0.4, 0.5) is 4.39 Å². The van der Waals surface area contributed by atoms with Gasteiger partial charge in [0, 0.05) is 10.8 Å². The minimum Gasteiger partial charge on any atom is -0.490 e. The predicted molar refractivity (Wildman–Crippen MR) is 78.6 cm³/mol. The van der Waals surface area contributed by atoms with Crippen LogP contribution in [0.15, 0.2) is 29.6 Å². The zero-order valence-corrected chi connectivity index (χ0v) is 12.6. The summed E-state index contributed by atoms with van der Waals surface area (Å²) in [4.78, 5) is 15.0. The number of halogens is 1. The average Bonchev–Trinajstić information content (AvgIpc) is 2.91. The van der Waals surface area contributed by atoms with Crippen molar-refractivity contribution in [2.75, 3.05) is 6.61 Å². The van der Waals surface area contributed by atoms with E-state index >= 15 is 0 Å². The van der Waals surface area contributed by atoms with Gasteiger partial charge in [-0.05, 0) is 18.6 Å². The van der Waals surface area contributed by atoms with E-state index in [1.807, 2.05) is 13.8 Å². The van der Waals surface area contributed by atoms with E-state index in [2.05, 4.69) is 4.98 Å². The number of carboxylic acids is 1. The summed E-state index contributed by atoms with van der Waals surface area (Å²) in [6.07, 6.45) is 0.605. The van der Waals surface area contributed by atoms with Crippen LogP contribution in [-0.4, -0.2) is 22.7 Å². The number of aromatic carboxylic acids is 1. The van der Waals surface area contributed by atoms with Crippen LogP contribution in [0.2, 0.25) is 0 Å². The molecule has 1 aromatic carbocycles. The standard InChI is InChI=1S/C15H16FNO3S/c1-15(2,14-17-11(9-21-14)13(18)19)7-8-20-12-6-4-3-5-10(12)16/h3-6,9H,7-8H2,1-2H3,(H,18,19). The molecule has 1 aromatic heterocycles. The lowest BCUT2D eigenvalue weighted by atomic mass is 9.90. The number of hydrogen-bond acceptors (Lipinski definition) is 4. The largest absolute Gasteiger partial charge is 0.490 e. The van der Waals surface area contributed by atoms with Crippen LogP contribution in [0.5, 0.6) is 5.75 Å². The van der Waals surface area contributed by atoms with Crippen LogP contribution < -0.4 is 4.74 Å². The van der Waals surface area contributed by atoms with Crippen LogP contribution >= 0.6 is 11.3 Å².